The minimum Gasteiger partial charge on any atom is -0.422 e. The Hall–Kier alpha value is -3.97. The Morgan fingerprint density at radius 2 is 1.55 bits per heavy atom. The average Bonchev–Trinajstić information content (AvgIpc) is 2.75. The van der Waals surface area contributed by atoms with Crippen molar-refractivity contribution in [1.82, 2.24) is 5.43 Å². The number of para-hydroxylation sites is 1. The lowest BCUT2D eigenvalue weighted by atomic mass is 10.2. The number of hydrazone groups is 1. The Labute approximate surface area is 183 Å². The zero-order valence-corrected chi connectivity index (χ0v) is 17.2. The summed E-state index contributed by atoms with van der Waals surface area (Å²) in [5.74, 6) is -0.876. The summed E-state index contributed by atoms with van der Waals surface area (Å²) < 4.78 is 5.44. The van der Waals surface area contributed by atoms with E-state index in [-0.39, 0.29) is 5.91 Å². The van der Waals surface area contributed by atoms with Gasteiger partial charge >= 0.3 is 5.97 Å². The molecule has 0 aromatic heterocycles. The highest BCUT2D eigenvalue weighted by atomic mass is 35.5. The van der Waals surface area contributed by atoms with Gasteiger partial charge in [-0.15, -0.1) is 0 Å². The number of nitrogens with one attached hydrogen (secondary N) is 2. The zero-order valence-electron chi connectivity index (χ0n) is 16.5. The van der Waals surface area contributed by atoms with Crippen LogP contribution in [0, 0.1) is 0 Å². The van der Waals surface area contributed by atoms with Crippen molar-refractivity contribution >= 4 is 41.3 Å². The molecule has 0 fully saturated rings. The Balaban J connectivity index is 1.64. The topological polar surface area (TPSA) is 96.9 Å². The SMILES string of the molecule is CC(=O)Nc1ccc(C(=O)NN=Cc2ccccc2OC(=O)c2ccc(Cl)cc2)cc1. The van der Waals surface area contributed by atoms with Crippen LogP contribution in [0.3, 0.4) is 0 Å². The van der Waals surface area contributed by atoms with Crippen molar-refractivity contribution < 1.29 is 19.1 Å². The van der Waals surface area contributed by atoms with Crippen LogP contribution < -0.4 is 15.5 Å². The van der Waals surface area contributed by atoms with Crippen molar-refractivity contribution in [3.8, 4) is 5.75 Å². The quantitative estimate of drug-likeness (QED) is 0.261. The Kier molecular flexibility index (Phi) is 7.13. The van der Waals surface area contributed by atoms with Gasteiger partial charge in [-0.2, -0.15) is 5.10 Å². The molecule has 2 amide bonds. The number of carbonyl (C=O) groups is 3. The van der Waals surface area contributed by atoms with Gasteiger partial charge in [-0.3, -0.25) is 9.59 Å². The Bertz CT molecular complexity index is 1130. The molecule has 3 rings (SSSR count). The number of carbonyl (C=O) groups excluding carboxylic acids is 3. The zero-order chi connectivity index (χ0) is 22.2. The van der Waals surface area contributed by atoms with E-state index < -0.39 is 11.9 Å². The number of rotatable bonds is 6. The molecule has 8 heteroatoms. The second-order valence-corrected chi connectivity index (χ2v) is 6.83. The Morgan fingerprint density at radius 1 is 0.903 bits per heavy atom. The number of benzene rings is 3. The smallest absolute Gasteiger partial charge is 0.343 e. The van der Waals surface area contributed by atoms with Gasteiger partial charge in [0.15, 0.2) is 0 Å². The molecule has 3 aromatic rings. The maximum Gasteiger partial charge on any atom is 0.343 e. The average molecular weight is 436 g/mol. The molecule has 0 aliphatic rings. The molecule has 0 aliphatic heterocycles. The predicted molar refractivity (Wildman–Crippen MR) is 119 cm³/mol. The van der Waals surface area contributed by atoms with E-state index in [0.29, 0.717) is 33.1 Å². The van der Waals surface area contributed by atoms with E-state index in [2.05, 4.69) is 15.8 Å². The summed E-state index contributed by atoms with van der Waals surface area (Å²) in [6, 6.07) is 19.5. The summed E-state index contributed by atoms with van der Waals surface area (Å²) in [5, 5.41) is 7.08. The summed E-state index contributed by atoms with van der Waals surface area (Å²) in [5.41, 5.74) is 4.23. The van der Waals surface area contributed by atoms with Crippen LogP contribution >= 0.6 is 11.6 Å². The summed E-state index contributed by atoms with van der Waals surface area (Å²) in [6.07, 6.45) is 1.38. The van der Waals surface area contributed by atoms with Gasteiger partial charge < -0.3 is 10.1 Å². The van der Waals surface area contributed by atoms with Crippen LogP contribution in [0.15, 0.2) is 77.9 Å². The number of nitrogens with zero attached hydrogens (tertiary/aromatic N) is 1. The molecule has 0 unspecified atom stereocenters. The van der Waals surface area contributed by atoms with E-state index in [4.69, 9.17) is 16.3 Å². The van der Waals surface area contributed by atoms with Crippen LogP contribution in [0.5, 0.6) is 5.75 Å². The number of amides is 2. The van der Waals surface area contributed by atoms with Crippen molar-refractivity contribution in [3.63, 3.8) is 0 Å². The van der Waals surface area contributed by atoms with Gasteiger partial charge in [-0.1, -0.05) is 23.7 Å². The summed E-state index contributed by atoms with van der Waals surface area (Å²) in [4.78, 5) is 35.6. The molecule has 0 aliphatic carbocycles. The van der Waals surface area contributed by atoms with Gasteiger partial charge in [-0.25, -0.2) is 10.2 Å². The van der Waals surface area contributed by atoms with Crippen LogP contribution in [-0.4, -0.2) is 24.0 Å². The molecule has 0 atom stereocenters. The number of esters is 1. The van der Waals surface area contributed by atoms with Crippen molar-refractivity contribution in [2.75, 3.05) is 5.32 Å². The van der Waals surface area contributed by atoms with E-state index in [1.165, 1.54) is 13.1 Å². The van der Waals surface area contributed by atoms with Crippen LogP contribution in [-0.2, 0) is 4.79 Å². The lowest BCUT2D eigenvalue weighted by molar-refractivity contribution is -0.114. The first-order valence-corrected chi connectivity index (χ1v) is 9.58. The number of ether oxygens (including phenoxy) is 1. The molecular weight excluding hydrogens is 418 g/mol. The molecule has 7 nitrogen and oxygen atoms in total. The number of halogens is 1. The van der Waals surface area contributed by atoms with E-state index in [1.807, 2.05) is 0 Å². The van der Waals surface area contributed by atoms with Gasteiger partial charge in [0.05, 0.1) is 11.8 Å². The van der Waals surface area contributed by atoms with Crippen molar-refractivity contribution in [3.05, 3.63) is 94.5 Å². The van der Waals surface area contributed by atoms with Crippen LogP contribution in [0.2, 0.25) is 5.02 Å². The van der Waals surface area contributed by atoms with Gasteiger partial charge in [0.1, 0.15) is 5.75 Å². The van der Waals surface area contributed by atoms with Crippen molar-refractivity contribution in [1.29, 1.82) is 0 Å². The fourth-order valence-corrected chi connectivity index (χ4v) is 2.68. The number of hydrogen-bond donors (Lipinski definition) is 2. The van der Waals surface area contributed by atoms with Gasteiger partial charge in [-0.05, 0) is 60.7 Å². The van der Waals surface area contributed by atoms with E-state index >= 15 is 0 Å². The van der Waals surface area contributed by atoms with E-state index in [1.54, 1.807) is 72.8 Å². The molecular formula is C23H18ClN3O4. The maximum absolute atomic E-state index is 12.3. The minimum absolute atomic E-state index is 0.197. The molecule has 2 N–H and O–H groups in total. The highest BCUT2D eigenvalue weighted by Crippen LogP contribution is 2.18. The van der Waals surface area contributed by atoms with Crippen LogP contribution in [0.4, 0.5) is 5.69 Å². The first kappa shape index (κ1) is 21.7. The first-order valence-electron chi connectivity index (χ1n) is 9.20. The second-order valence-electron chi connectivity index (χ2n) is 6.39. The molecule has 3 aromatic carbocycles. The van der Waals surface area contributed by atoms with Gasteiger partial charge in [0.25, 0.3) is 5.91 Å². The monoisotopic (exact) mass is 435 g/mol. The third-order valence-electron chi connectivity index (χ3n) is 4.04. The van der Waals surface area contributed by atoms with E-state index in [9.17, 15) is 14.4 Å². The highest BCUT2D eigenvalue weighted by Gasteiger charge is 2.11. The molecule has 31 heavy (non-hydrogen) atoms. The molecule has 0 saturated carbocycles. The standard InChI is InChI=1S/C23H18ClN3O4/c1-15(28)26-20-12-8-16(9-13-20)22(29)27-25-14-18-4-2-3-5-21(18)31-23(30)17-6-10-19(24)11-7-17/h2-14H,1H3,(H,26,28)(H,27,29). The first-order chi connectivity index (χ1) is 14.9. The molecule has 0 bridgehead atoms. The van der Waals surface area contributed by atoms with Crippen molar-refractivity contribution in [2.24, 2.45) is 5.10 Å². The van der Waals surface area contributed by atoms with Crippen molar-refractivity contribution in [2.45, 2.75) is 6.92 Å². The van der Waals surface area contributed by atoms with Crippen LogP contribution in [0.1, 0.15) is 33.2 Å². The Morgan fingerprint density at radius 3 is 2.23 bits per heavy atom. The maximum atomic E-state index is 12.3. The fraction of sp³-hybridized carbons (Fsp3) is 0.0435. The third kappa shape index (κ3) is 6.25. The number of anilines is 1. The summed E-state index contributed by atoms with van der Waals surface area (Å²) in [6.45, 7) is 1.40. The summed E-state index contributed by atoms with van der Waals surface area (Å²) in [7, 11) is 0. The van der Waals surface area contributed by atoms with Gasteiger partial charge in [0.2, 0.25) is 5.91 Å². The normalized spacial score (nSPS) is 10.5. The lowest BCUT2D eigenvalue weighted by Gasteiger charge is -2.07. The molecule has 0 saturated heterocycles. The summed E-state index contributed by atoms with van der Waals surface area (Å²) >= 11 is 5.84. The minimum atomic E-state index is -0.541. The fourth-order valence-electron chi connectivity index (χ4n) is 2.56. The molecule has 0 heterocycles. The predicted octanol–water partition coefficient (Wildman–Crippen LogP) is 4.28. The largest absolute Gasteiger partial charge is 0.422 e. The van der Waals surface area contributed by atoms with Crippen LogP contribution in [0.25, 0.3) is 0 Å². The molecule has 156 valence electrons. The second kappa shape index (κ2) is 10.2. The molecule has 0 radical (unpaired) electrons. The third-order valence-corrected chi connectivity index (χ3v) is 4.29. The van der Waals surface area contributed by atoms with Gasteiger partial charge in [0, 0.05) is 28.8 Å². The molecule has 0 spiro atoms. The van der Waals surface area contributed by atoms with E-state index in [0.717, 1.165) is 0 Å². The highest BCUT2D eigenvalue weighted by molar-refractivity contribution is 6.30. The number of hydrogen-bond acceptors (Lipinski definition) is 5. The lowest BCUT2D eigenvalue weighted by Crippen LogP contribution is -2.18.